The van der Waals surface area contributed by atoms with Gasteiger partial charge in [-0.25, -0.2) is 4.99 Å². The minimum absolute atomic E-state index is 0.0579. The van der Waals surface area contributed by atoms with Crippen molar-refractivity contribution in [2.24, 2.45) is 10.9 Å². The lowest BCUT2D eigenvalue weighted by Crippen LogP contribution is -2.44. The Balaban J connectivity index is 1.40. The maximum absolute atomic E-state index is 14.0. The van der Waals surface area contributed by atoms with Gasteiger partial charge >= 0.3 is 0 Å². The van der Waals surface area contributed by atoms with Crippen LogP contribution in [-0.2, 0) is 17.6 Å². The van der Waals surface area contributed by atoms with Gasteiger partial charge in [-0.05, 0) is 105 Å². The SMILES string of the molecule is Cc1cc(/C=C2\SC(=Nc3ccccc3)N([C@@H]3CCCC[C@H]3C)C2=O)c(C)n1-c1sc2c(c1C#N)CCCC2. The number of benzene rings is 1. The molecule has 0 unspecified atom stereocenters. The van der Waals surface area contributed by atoms with Crippen molar-refractivity contribution in [2.45, 2.75) is 78.2 Å². The molecule has 0 radical (unpaired) electrons. The van der Waals surface area contributed by atoms with E-state index in [2.05, 4.69) is 37.5 Å². The molecule has 3 heterocycles. The first-order chi connectivity index (χ1) is 19.0. The summed E-state index contributed by atoms with van der Waals surface area (Å²) in [6, 6.07) is 14.8. The fourth-order valence-corrected chi connectivity index (χ4v) is 8.85. The molecule has 2 aromatic heterocycles. The zero-order chi connectivity index (χ0) is 27.1. The summed E-state index contributed by atoms with van der Waals surface area (Å²) in [5.74, 6) is 0.505. The molecule has 2 aliphatic carbocycles. The van der Waals surface area contributed by atoms with Gasteiger partial charge in [0.25, 0.3) is 5.91 Å². The number of hydrogen-bond acceptors (Lipinski definition) is 5. The Kier molecular flexibility index (Phi) is 7.26. The van der Waals surface area contributed by atoms with Crippen LogP contribution in [0, 0.1) is 31.1 Å². The first kappa shape index (κ1) is 26.2. The maximum atomic E-state index is 14.0. The third-order valence-electron chi connectivity index (χ3n) is 8.44. The maximum Gasteiger partial charge on any atom is 0.267 e. The van der Waals surface area contributed by atoms with Gasteiger partial charge in [-0.1, -0.05) is 38.0 Å². The molecule has 5 nitrogen and oxygen atoms in total. The van der Waals surface area contributed by atoms with E-state index in [0.717, 1.165) is 76.9 Å². The number of aliphatic imine (C=N–C) groups is 1. The third-order valence-corrected chi connectivity index (χ3v) is 10.7. The van der Waals surface area contributed by atoms with E-state index in [1.54, 1.807) is 11.3 Å². The standard InChI is InChI=1S/C32H34N4OS2/c1-20-11-7-9-15-27(20)36-30(37)29(39-32(36)34-24-12-5-4-6-13-24)18-23-17-21(2)35(22(23)3)31-26(19-33)25-14-8-10-16-28(25)38-31/h4-6,12-13,17-18,20,27H,7-11,14-16H2,1-3H3/b29-18-,34-32?/t20-,27-/m1/s1. The number of aryl methyl sites for hydroxylation is 2. The van der Waals surface area contributed by atoms with Crippen LogP contribution in [0.25, 0.3) is 11.1 Å². The highest BCUT2D eigenvalue weighted by atomic mass is 32.2. The van der Waals surface area contributed by atoms with E-state index in [-0.39, 0.29) is 11.9 Å². The Morgan fingerprint density at radius 3 is 2.62 bits per heavy atom. The van der Waals surface area contributed by atoms with Gasteiger partial charge in [-0.15, -0.1) is 11.3 Å². The summed E-state index contributed by atoms with van der Waals surface area (Å²) < 4.78 is 2.22. The zero-order valence-corrected chi connectivity index (χ0v) is 24.5. The minimum atomic E-state index is 0.0579. The number of carbonyl (C=O) groups excluding carboxylic acids is 1. The summed E-state index contributed by atoms with van der Waals surface area (Å²) in [5, 5.41) is 11.9. The van der Waals surface area contributed by atoms with Crippen LogP contribution in [0.15, 0.2) is 46.3 Å². The molecular weight excluding hydrogens is 521 g/mol. The molecule has 3 aliphatic rings. The largest absolute Gasteiger partial charge is 0.308 e. The lowest BCUT2D eigenvalue weighted by atomic mass is 9.85. The normalized spacial score (nSPS) is 23.4. The van der Waals surface area contributed by atoms with Gasteiger partial charge in [0.05, 0.1) is 16.2 Å². The van der Waals surface area contributed by atoms with Crippen LogP contribution >= 0.6 is 23.1 Å². The molecule has 0 N–H and O–H groups in total. The fraction of sp³-hybridized carbons (Fsp3) is 0.406. The van der Waals surface area contributed by atoms with E-state index in [0.29, 0.717) is 10.8 Å². The van der Waals surface area contributed by atoms with Crippen LogP contribution in [0.5, 0.6) is 0 Å². The summed E-state index contributed by atoms with van der Waals surface area (Å²) in [7, 11) is 0. The highest BCUT2D eigenvalue weighted by molar-refractivity contribution is 8.18. The van der Waals surface area contributed by atoms with E-state index >= 15 is 0 Å². The summed E-state index contributed by atoms with van der Waals surface area (Å²) in [5.41, 5.74) is 6.12. The van der Waals surface area contributed by atoms with E-state index < -0.39 is 0 Å². The average molecular weight is 555 g/mol. The van der Waals surface area contributed by atoms with Crippen LogP contribution in [0.4, 0.5) is 5.69 Å². The Hall–Kier alpha value is -3.08. The number of nitriles is 1. The Morgan fingerprint density at radius 2 is 1.85 bits per heavy atom. The summed E-state index contributed by atoms with van der Waals surface area (Å²) >= 11 is 3.26. The van der Waals surface area contributed by atoms with Crippen LogP contribution < -0.4 is 0 Å². The van der Waals surface area contributed by atoms with Gasteiger partial charge in [0.2, 0.25) is 0 Å². The predicted octanol–water partition coefficient (Wildman–Crippen LogP) is 8.09. The van der Waals surface area contributed by atoms with Crippen molar-refractivity contribution in [2.75, 3.05) is 0 Å². The number of amides is 1. The Morgan fingerprint density at radius 1 is 1.08 bits per heavy atom. The number of aromatic nitrogens is 1. The molecule has 39 heavy (non-hydrogen) atoms. The topological polar surface area (TPSA) is 61.4 Å². The van der Waals surface area contributed by atoms with Gasteiger partial charge < -0.3 is 4.57 Å². The monoisotopic (exact) mass is 554 g/mol. The third kappa shape index (κ3) is 4.79. The van der Waals surface area contributed by atoms with Gasteiger partial charge in [0, 0.05) is 22.3 Å². The van der Waals surface area contributed by atoms with E-state index in [1.165, 1.54) is 35.0 Å². The number of para-hydroxylation sites is 1. The first-order valence-corrected chi connectivity index (χ1v) is 15.7. The van der Waals surface area contributed by atoms with Crippen LogP contribution in [0.2, 0.25) is 0 Å². The molecule has 7 heteroatoms. The van der Waals surface area contributed by atoms with E-state index in [1.807, 2.05) is 41.3 Å². The second kappa shape index (κ2) is 10.8. The molecule has 200 valence electrons. The molecule has 2 atom stereocenters. The lowest BCUT2D eigenvalue weighted by Gasteiger charge is -2.35. The highest BCUT2D eigenvalue weighted by Crippen LogP contribution is 2.42. The molecule has 1 saturated heterocycles. The number of thiophene rings is 1. The van der Waals surface area contributed by atoms with Gasteiger partial charge in [-0.2, -0.15) is 5.26 Å². The molecule has 1 saturated carbocycles. The molecule has 0 spiro atoms. The fourth-order valence-electron chi connectivity index (χ4n) is 6.36. The van der Waals surface area contributed by atoms with Crippen molar-refractivity contribution >= 4 is 45.9 Å². The number of nitrogens with zero attached hydrogens (tertiary/aromatic N) is 4. The molecule has 0 bridgehead atoms. The molecule has 1 aliphatic heterocycles. The second-order valence-corrected chi connectivity index (χ2v) is 13.1. The molecule has 6 rings (SSSR count). The highest BCUT2D eigenvalue weighted by Gasteiger charge is 2.41. The number of carbonyl (C=O) groups is 1. The predicted molar refractivity (Wildman–Crippen MR) is 162 cm³/mol. The lowest BCUT2D eigenvalue weighted by molar-refractivity contribution is -0.124. The van der Waals surface area contributed by atoms with Crippen molar-refractivity contribution in [3.8, 4) is 11.1 Å². The summed E-state index contributed by atoms with van der Waals surface area (Å²) in [6.45, 7) is 6.46. The van der Waals surface area contributed by atoms with Crippen molar-refractivity contribution < 1.29 is 4.79 Å². The quantitative estimate of drug-likeness (QED) is 0.306. The molecular formula is C32H34N4OS2. The number of rotatable bonds is 4. The van der Waals surface area contributed by atoms with Crippen molar-refractivity contribution in [1.29, 1.82) is 5.26 Å². The molecule has 2 fully saturated rings. The minimum Gasteiger partial charge on any atom is -0.308 e. The van der Waals surface area contributed by atoms with Crippen molar-refractivity contribution in [3.63, 3.8) is 0 Å². The molecule has 1 amide bonds. The molecule has 3 aromatic rings. The van der Waals surface area contributed by atoms with Crippen LogP contribution in [0.1, 0.15) is 78.4 Å². The van der Waals surface area contributed by atoms with E-state index in [9.17, 15) is 10.1 Å². The number of amidine groups is 1. The number of fused-ring (bicyclic) bond motifs is 1. The average Bonchev–Trinajstić information content (AvgIpc) is 3.55. The Labute approximate surface area is 239 Å². The second-order valence-electron chi connectivity index (χ2n) is 11.0. The van der Waals surface area contributed by atoms with Gasteiger partial charge in [0.1, 0.15) is 11.1 Å². The van der Waals surface area contributed by atoms with Crippen molar-refractivity contribution in [3.05, 3.63) is 74.3 Å². The van der Waals surface area contributed by atoms with Gasteiger partial charge in [0.15, 0.2) is 5.17 Å². The summed E-state index contributed by atoms with van der Waals surface area (Å²) in [6.07, 6.45) is 11.0. The number of thioether (sulfide) groups is 1. The van der Waals surface area contributed by atoms with Crippen LogP contribution in [0.3, 0.4) is 0 Å². The van der Waals surface area contributed by atoms with Gasteiger partial charge in [-0.3, -0.25) is 9.69 Å². The molecule has 1 aromatic carbocycles. The van der Waals surface area contributed by atoms with Crippen LogP contribution in [-0.4, -0.2) is 26.6 Å². The Bertz CT molecular complexity index is 1520. The number of hydrogen-bond donors (Lipinski definition) is 0. The summed E-state index contributed by atoms with van der Waals surface area (Å²) in [4.78, 5) is 23.0. The van der Waals surface area contributed by atoms with E-state index in [4.69, 9.17) is 4.99 Å². The van der Waals surface area contributed by atoms with Crippen molar-refractivity contribution in [1.82, 2.24) is 9.47 Å². The first-order valence-electron chi connectivity index (χ1n) is 14.1. The zero-order valence-electron chi connectivity index (χ0n) is 22.9. The smallest absolute Gasteiger partial charge is 0.267 e.